The van der Waals surface area contributed by atoms with E-state index < -0.39 is 0 Å². The van der Waals surface area contributed by atoms with Gasteiger partial charge in [-0.2, -0.15) is 0 Å². The number of rotatable bonds is 7. The van der Waals surface area contributed by atoms with Crippen molar-refractivity contribution in [3.63, 3.8) is 0 Å². The third-order valence-corrected chi connectivity index (χ3v) is 5.06. The van der Waals surface area contributed by atoms with Gasteiger partial charge in [0, 0.05) is 18.8 Å². The highest BCUT2D eigenvalue weighted by atomic mass is 32.1. The molecular weight excluding hydrogens is 336 g/mol. The fourth-order valence-electron chi connectivity index (χ4n) is 2.53. The first kappa shape index (κ1) is 19.0. The number of carbonyl (C=O) groups is 2. The van der Waals surface area contributed by atoms with Crippen molar-refractivity contribution < 1.29 is 14.3 Å². The van der Waals surface area contributed by atoms with E-state index in [4.69, 9.17) is 4.74 Å². The molecule has 1 aromatic heterocycles. The Bertz CT molecular complexity index is 725. The second-order valence-corrected chi connectivity index (χ2v) is 7.01. The number of hydrogen-bond donors (Lipinski definition) is 1. The molecule has 6 heteroatoms. The van der Waals surface area contributed by atoms with Crippen LogP contribution in [0.4, 0.5) is 0 Å². The molecule has 1 N–H and O–H groups in total. The zero-order chi connectivity index (χ0) is 18.4. The molecule has 0 bridgehead atoms. The molecule has 1 heterocycles. The normalized spacial score (nSPS) is 11.7. The van der Waals surface area contributed by atoms with Crippen molar-refractivity contribution in [2.24, 2.45) is 0 Å². The quantitative estimate of drug-likeness (QED) is 0.824. The Labute approximate surface area is 152 Å². The van der Waals surface area contributed by atoms with Gasteiger partial charge in [0.25, 0.3) is 0 Å². The molecule has 0 spiro atoms. The van der Waals surface area contributed by atoms with E-state index in [1.807, 2.05) is 36.6 Å². The second-order valence-electron chi connectivity index (χ2n) is 6.01. The number of thiophene rings is 1. The van der Waals surface area contributed by atoms with E-state index in [0.29, 0.717) is 6.54 Å². The van der Waals surface area contributed by atoms with Crippen LogP contribution in [0.3, 0.4) is 0 Å². The van der Waals surface area contributed by atoms with Crippen LogP contribution < -0.4 is 10.1 Å². The number of hydrogen-bond acceptors (Lipinski definition) is 4. The lowest BCUT2D eigenvalue weighted by Crippen LogP contribution is -2.33. The fourth-order valence-corrected chi connectivity index (χ4v) is 3.49. The van der Waals surface area contributed by atoms with E-state index >= 15 is 0 Å². The largest absolute Gasteiger partial charge is 0.497 e. The summed E-state index contributed by atoms with van der Waals surface area (Å²) in [7, 11) is 3.39. The van der Waals surface area contributed by atoms with Crippen molar-refractivity contribution >= 4 is 23.2 Å². The number of ether oxygens (including phenoxy) is 1. The van der Waals surface area contributed by atoms with E-state index in [9.17, 15) is 9.59 Å². The van der Waals surface area contributed by atoms with Gasteiger partial charge in [0.05, 0.1) is 26.1 Å². The summed E-state index contributed by atoms with van der Waals surface area (Å²) in [5.41, 5.74) is 2.07. The van der Waals surface area contributed by atoms with E-state index in [1.165, 1.54) is 17.4 Å². The summed E-state index contributed by atoms with van der Waals surface area (Å²) in [4.78, 5) is 27.1. The van der Waals surface area contributed by atoms with Gasteiger partial charge in [-0.05, 0) is 41.6 Å². The first-order valence-corrected chi connectivity index (χ1v) is 8.96. The van der Waals surface area contributed by atoms with Gasteiger partial charge in [-0.3, -0.25) is 9.59 Å². The molecule has 134 valence electrons. The average Bonchev–Trinajstić information content (AvgIpc) is 2.98. The molecule has 1 aromatic carbocycles. The van der Waals surface area contributed by atoms with Crippen LogP contribution in [0.2, 0.25) is 0 Å². The molecule has 2 rings (SSSR count). The van der Waals surface area contributed by atoms with Gasteiger partial charge < -0.3 is 15.0 Å². The van der Waals surface area contributed by atoms with Crippen LogP contribution in [0.25, 0.3) is 0 Å². The standard InChI is InChI=1S/C19H24N2O3S/c1-13-9-10-25-18(13)12-21(3)19(23)11-17(20-14(2)22)15-5-7-16(24-4)8-6-15/h5-10,17H,11-12H2,1-4H3,(H,20,22). The van der Waals surface area contributed by atoms with Gasteiger partial charge >= 0.3 is 0 Å². The maximum Gasteiger partial charge on any atom is 0.225 e. The summed E-state index contributed by atoms with van der Waals surface area (Å²) in [6.07, 6.45) is 0.215. The highest BCUT2D eigenvalue weighted by Gasteiger charge is 2.20. The van der Waals surface area contributed by atoms with Crippen molar-refractivity contribution in [1.82, 2.24) is 10.2 Å². The van der Waals surface area contributed by atoms with Crippen molar-refractivity contribution in [2.45, 2.75) is 32.9 Å². The monoisotopic (exact) mass is 360 g/mol. The maximum atomic E-state index is 12.6. The molecule has 0 aliphatic heterocycles. The van der Waals surface area contributed by atoms with Crippen LogP contribution in [0, 0.1) is 6.92 Å². The Morgan fingerprint density at radius 1 is 1.24 bits per heavy atom. The summed E-state index contributed by atoms with van der Waals surface area (Å²) in [6, 6.07) is 9.09. The Kier molecular flexibility index (Phi) is 6.58. The zero-order valence-corrected chi connectivity index (χ0v) is 15.9. The molecule has 0 radical (unpaired) electrons. The second kappa shape index (κ2) is 8.67. The molecule has 0 aliphatic carbocycles. The lowest BCUT2D eigenvalue weighted by molar-refractivity contribution is -0.131. The van der Waals surface area contributed by atoms with E-state index in [-0.39, 0.29) is 24.3 Å². The predicted octanol–water partition coefficient (Wildman–Crippen LogP) is 3.29. The smallest absolute Gasteiger partial charge is 0.225 e. The third-order valence-electron chi connectivity index (χ3n) is 4.05. The Morgan fingerprint density at radius 3 is 2.44 bits per heavy atom. The van der Waals surface area contributed by atoms with E-state index in [2.05, 4.69) is 11.4 Å². The summed E-state index contributed by atoms with van der Waals surface area (Å²) in [6.45, 7) is 4.08. The fraction of sp³-hybridized carbons (Fsp3) is 0.368. The first-order chi connectivity index (χ1) is 11.9. The van der Waals surface area contributed by atoms with Crippen LogP contribution >= 0.6 is 11.3 Å². The summed E-state index contributed by atoms with van der Waals surface area (Å²) in [5, 5.41) is 4.89. The lowest BCUT2D eigenvalue weighted by atomic mass is 10.0. The van der Waals surface area contributed by atoms with Crippen LogP contribution in [0.5, 0.6) is 5.75 Å². The number of carbonyl (C=O) groups excluding carboxylic acids is 2. The Hall–Kier alpha value is -2.34. The van der Waals surface area contributed by atoms with Gasteiger partial charge in [-0.15, -0.1) is 11.3 Å². The summed E-state index contributed by atoms with van der Waals surface area (Å²) >= 11 is 1.65. The molecule has 1 atom stereocenters. The van der Waals surface area contributed by atoms with Crippen LogP contribution in [-0.2, 0) is 16.1 Å². The van der Waals surface area contributed by atoms with Crippen LogP contribution in [0.1, 0.15) is 35.4 Å². The number of nitrogens with zero attached hydrogens (tertiary/aromatic N) is 1. The number of methoxy groups -OCH3 is 1. The van der Waals surface area contributed by atoms with Gasteiger partial charge in [0.1, 0.15) is 5.75 Å². The van der Waals surface area contributed by atoms with Gasteiger partial charge in [0.15, 0.2) is 0 Å². The lowest BCUT2D eigenvalue weighted by Gasteiger charge is -2.22. The summed E-state index contributed by atoms with van der Waals surface area (Å²) in [5.74, 6) is 0.565. The molecule has 0 aliphatic rings. The number of amides is 2. The van der Waals surface area contributed by atoms with Crippen molar-refractivity contribution in [3.05, 3.63) is 51.7 Å². The SMILES string of the molecule is COc1ccc(C(CC(=O)N(C)Cc2sccc2C)NC(C)=O)cc1. The topological polar surface area (TPSA) is 58.6 Å². The average molecular weight is 360 g/mol. The molecule has 1 unspecified atom stereocenters. The predicted molar refractivity (Wildman–Crippen MR) is 99.7 cm³/mol. The molecule has 2 amide bonds. The molecule has 2 aromatic rings. The van der Waals surface area contributed by atoms with Crippen molar-refractivity contribution in [3.8, 4) is 5.75 Å². The van der Waals surface area contributed by atoms with E-state index in [0.717, 1.165) is 11.3 Å². The highest BCUT2D eigenvalue weighted by molar-refractivity contribution is 7.10. The Morgan fingerprint density at radius 2 is 1.92 bits per heavy atom. The minimum absolute atomic E-state index is 0.0117. The number of aryl methyl sites for hydroxylation is 1. The molecule has 0 fully saturated rings. The zero-order valence-electron chi connectivity index (χ0n) is 15.0. The van der Waals surface area contributed by atoms with Gasteiger partial charge in [-0.1, -0.05) is 12.1 Å². The van der Waals surface area contributed by atoms with Gasteiger partial charge in [0.2, 0.25) is 11.8 Å². The van der Waals surface area contributed by atoms with Gasteiger partial charge in [-0.25, -0.2) is 0 Å². The minimum Gasteiger partial charge on any atom is -0.497 e. The molecule has 25 heavy (non-hydrogen) atoms. The minimum atomic E-state index is -0.359. The molecule has 0 saturated carbocycles. The molecule has 0 saturated heterocycles. The Balaban J connectivity index is 2.08. The third kappa shape index (κ3) is 5.32. The highest BCUT2D eigenvalue weighted by Crippen LogP contribution is 2.22. The van der Waals surface area contributed by atoms with Crippen molar-refractivity contribution in [2.75, 3.05) is 14.2 Å². The molecule has 5 nitrogen and oxygen atoms in total. The number of benzene rings is 1. The van der Waals surface area contributed by atoms with Crippen LogP contribution in [0.15, 0.2) is 35.7 Å². The molecular formula is C19H24N2O3S. The van der Waals surface area contributed by atoms with Crippen molar-refractivity contribution in [1.29, 1.82) is 0 Å². The van der Waals surface area contributed by atoms with E-state index in [1.54, 1.807) is 30.4 Å². The maximum absolute atomic E-state index is 12.6. The first-order valence-electron chi connectivity index (χ1n) is 8.08. The summed E-state index contributed by atoms with van der Waals surface area (Å²) < 4.78 is 5.16. The number of nitrogens with one attached hydrogen (secondary N) is 1. The van der Waals surface area contributed by atoms with Crippen LogP contribution in [-0.4, -0.2) is 30.9 Å².